The predicted molar refractivity (Wildman–Crippen MR) is 46.4 cm³/mol. The van der Waals surface area contributed by atoms with E-state index in [1.54, 1.807) is 6.20 Å². The molecule has 2 N–H and O–H groups in total. The van der Waals surface area contributed by atoms with Crippen LogP contribution in [-0.2, 0) is 0 Å². The molecular weight excluding hydrogens is 166 g/mol. The zero-order valence-electron chi connectivity index (χ0n) is 7.21. The summed E-state index contributed by atoms with van der Waals surface area (Å²) in [7, 11) is 0. The number of aromatic amines is 1. The van der Waals surface area contributed by atoms with Crippen molar-refractivity contribution in [2.24, 2.45) is 0 Å². The highest BCUT2D eigenvalue weighted by atomic mass is 16.1. The van der Waals surface area contributed by atoms with E-state index in [4.69, 9.17) is 0 Å². The molecule has 0 amide bonds. The van der Waals surface area contributed by atoms with Crippen LogP contribution in [0.15, 0.2) is 6.20 Å². The van der Waals surface area contributed by atoms with Crippen LogP contribution in [0.1, 0.15) is 41.4 Å². The molecule has 0 radical (unpaired) electrons. The maximum atomic E-state index is 11.8. The third-order valence-corrected chi connectivity index (χ3v) is 2.99. The van der Waals surface area contributed by atoms with Gasteiger partial charge < -0.3 is 5.32 Å². The van der Waals surface area contributed by atoms with E-state index in [0.717, 1.165) is 30.5 Å². The third kappa shape index (κ3) is 0.891. The van der Waals surface area contributed by atoms with Gasteiger partial charge in [-0.05, 0) is 19.3 Å². The number of nitrogens with one attached hydrogen (secondary N) is 2. The van der Waals surface area contributed by atoms with Crippen molar-refractivity contribution < 1.29 is 4.79 Å². The highest BCUT2D eigenvalue weighted by Gasteiger charge is 2.36. The molecule has 1 aromatic rings. The molecule has 13 heavy (non-hydrogen) atoms. The number of piperidine rings is 1. The van der Waals surface area contributed by atoms with Crippen LogP contribution in [0, 0.1) is 0 Å². The maximum absolute atomic E-state index is 11.8. The second-order valence-corrected chi connectivity index (χ2v) is 3.77. The molecule has 2 aliphatic rings. The number of hydrogen-bond acceptors (Lipinski definition) is 3. The molecule has 1 aromatic heterocycles. The predicted octanol–water partition coefficient (Wildman–Crippen LogP) is 0.789. The van der Waals surface area contributed by atoms with Crippen LogP contribution < -0.4 is 5.32 Å². The Labute approximate surface area is 75.7 Å². The zero-order valence-corrected chi connectivity index (χ0v) is 7.21. The molecule has 3 rings (SSSR count). The first kappa shape index (κ1) is 7.26. The number of nitrogens with zero attached hydrogens (tertiary/aromatic N) is 1. The van der Waals surface area contributed by atoms with Crippen molar-refractivity contribution in [3.8, 4) is 0 Å². The number of aromatic nitrogens is 2. The van der Waals surface area contributed by atoms with E-state index in [1.165, 1.54) is 0 Å². The van der Waals surface area contributed by atoms with Crippen LogP contribution in [0.3, 0.4) is 0 Å². The van der Waals surface area contributed by atoms with Crippen LogP contribution in [-0.4, -0.2) is 22.0 Å². The highest BCUT2D eigenvalue weighted by molar-refractivity contribution is 6.01. The van der Waals surface area contributed by atoms with Crippen LogP contribution >= 0.6 is 0 Å². The lowest BCUT2D eigenvalue weighted by Crippen LogP contribution is -2.46. The smallest absolute Gasteiger partial charge is 0.197 e. The first-order valence-corrected chi connectivity index (χ1v) is 4.70. The van der Waals surface area contributed by atoms with Gasteiger partial charge in [-0.25, -0.2) is 0 Å². The molecule has 1 fully saturated rings. The van der Waals surface area contributed by atoms with Crippen molar-refractivity contribution >= 4 is 5.78 Å². The molecule has 4 nitrogen and oxygen atoms in total. The van der Waals surface area contributed by atoms with E-state index in [1.807, 2.05) is 0 Å². The number of hydrogen-bond donors (Lipinski definition) is 2. The minimum absolute atomic E-state index is 0.0340. The number of carbonyl (C=O) groups is 1. The molecule has 2 bridgehead atoms. The van der Waals surface area contributed by atoms with E-state index in [2.05, 4.69) is 15.5 Å². The fraction of sp³-hybridized carbons (Fsp3) is 0.556. The van der Waals surface area contributed by atoms with E-state index >= 15 is 0 Å². The molecule has 3 heterocycles. The lowest BCUT2D eigenvalue weighted by atomic mass is 9.85. The summed E-state index contributed by atoms with van der Waals surface area (Å²) in [6.45, 7) is 0. The number of carbonyl (C=O) groups excluding carboxylic acids is 1. The van der Waals surface area contributed by atoms with Gasteiger partial charge in [0.1, 0.15) is 5.69 Å². The third-order valence-electron chi connectivity index (χ3n) is 2.99. The van der Waals surface area contributed by atoms with Crippen molar-refractivity contribution in [3.63, 3.8) is 0 Å². The van der Waals surface area contributed by atoms with Gasteiger partial charge in [-0.3, -0.25) is 9.89 Å². The molecule has 1 saturated heterocycles. The Hall–Kier alpha value is -1.16. The Bertz CT molecular complexity index is 357. The summed E-state index contributed by atoms with van der Waals surface area (Å²) in [5, 5.41) is 10.1. The van der Waals surface area contributed by atoms with Gasteiger partial charge in [0, 0.05) is 11.6 Å². The van der Waals surface area contributed by atoms with Crippen molar-refractivity contribution in [1.82, 2.24) is 15.5 Å². The number of ketones is 1. The van der Waals surface area contributed by atoms with Gasteiger partial charge in [-0.1, -0.05) is 0 Å². The quantitative estimate of drug-likeness (QED) is 0.616. The molecule has 0 aliphatic carbocycles. The molecule has 0 aromatic carbocycles. The van der Waals surface area contributed by atoms with Crippen molar-refractivity contribution in [3.05, 3.63) is 17.5 Å². The van der Waals surface area contributed by atoms with Crippen molar-refractivity contribution in [1.29, 1.82) is 0 Å². The SMILES string of the molecule is O=C1c2[nH]ncc2C2CCCC1N2. The fourth-order valence-corrected chi connectivity index (χ4v) is 2.32. The standard InChI is InChI=1S/C9H11N3O/c13-9-7-3-1-2-6(11-7)5-4-10-12-8(5)9/h4,6-7,11H,1-3H2,(H,10,12). The Balaban J connectivity index is 2.14. The average molecular weight is 177 g/mol. The summed E-state index contributed by atoms with van der Waals surface area (Å²) < 4.78 is 0. The monoisotopic (exact) mass is 177 g/mol. The molecule has 2 atom stereocenters. The Kier molecular flexibility index (Phi) is 1.35. The first-order chi connectivity index (χ1) is 6.36. The van der Waals surface area contributed by atoms with Crippen molar-refractivity contribution in [2.45, 2.75) is 31.3 Å². The number of rotatable bonds is 0. The Morgan fingerprint density at radius 2 is 2.23 bits per heavy atom. The van der Waals surface area contributed by atoms with Crippen LogP contribution in [0.4, 0.5) is 0 Å². The van der Waals surface area contributed by atoms with Gasteiger partial charge in [0.15, 0.2) is 5.78 Å². The summed E-state index contributed by atoms with van der Waals surface area (Å²) in [5.41, 5.74) is 1.79. The topological polar surface area (TPSA) is 57.8 Å². The summed E-state index contributed by atoms with van der Waals surface area (Å²) in [5.74, 6) is 0.184. The van der Waals surface area contributed by atoms with Crippen LogP contribution in [0.5, 0.6) is 0 Å². The molecule has 68 valence electrons. The second-order valence-electron chi connectivity index (χ2n) is 3.77. The molecule has 2 aliphatic heterocycles. The minimum Gasteiger partial charge on any atom is -0.300 e. The van der Waals surface area contributed by atoms with Gasteiger partial charge in [0.05, 0.1) is 12.2 Å². The van der Waals surface area contributed by atoms with Gasteiger partial charge in [-0.15, -0.1) is 0 Å². The average Bonchev–Trinajstić information content (AvgIpc) is 2.64. The molecule has 0 spiro atoms. The Morgan fingerprint density at radius 1 is 1.38 bits per heavy atom. The maximum Gasteiger partial charge on any atom is 0.197 e. The normalized spacial score (nSPS) is 31.5. The second kappa shape index (κ2) is 2.42. The summed E-state index contributed by atoms with van der Waals surface area (Å²) >= 11 is 0. The zero-order chi connectivity index (χ0) is 8.84. The number of H-pyrrole nitrogens is 1. The number of fused-ring (bicyclic) bond motifs is 4. The number of Topliss-reactive ketones (excluding diaryl/α,β-unsaturated/α-hetero) is 1. The summed E-state index contributed by atoms with van der Waals surface area (Å²) in [6.07, 6.45) is 5.00. The van der Waals surface area contributed by atoms with Gasteiger partial charge in [-0.2, -0.15) is 5.10 Å². The first-order valence-electron chi connectivity index (χ1n) is 4.70. The van der Waals surface area contributed by atoms with Crippen molar-refractivity contribution in [2.75, 3.05) is 0 Å². The minimum atomic E-state index is 0.0340. The largest absolute Gasteiger partial charge is 0.300 e. The van der Waals surface area contributed by atoms with E-state index < -0.39 is 0 Å². The van der Waals surface area contributed by atoms with Crippen LogP contribution in [0.2, 0.25) is 0 Å². The molecule has 2 unspecified atom stereocenters. The molecular formula is C9H11N3O. The lowest BCUT2D eigenvalue weighted by Gasteiger charge is -2.34. The van der Waals surface area contributed by atoms with E-state index in [9.17, 15) is 4.79 Å². The lowest BCUT2D eigenvalue weighted by molar-refractivity contribution is 0.0884. The summed E-state index contributed by atoms with van der Waals surface area (Å²) in [4.78, 5) is 11.8. The Morgan fingerprint density at radius 3 is 3.15 bits per heavy atom. The van der Waals surface area contributed by atoms with E-state index in [0.29, 0.717) is 6.04 Å². The van der Waals surface area contributed by atoms with Gasteiger partial charge in [0.25, 0.3) is 0 Å². The van der Waals surface area contributed by atoms with Gasteiger partial charge >= 0.3 is 0 Å². The molecule has 4 heteroatoms. The van der Waals surface area contributed by atoms with E-state index in [-0.39, 0.29) is 11.8 Å². The molecule has 0 saturated carbocycles. The summed E-state index contributed by atoms with van der Waals surface area (Å²) in [6, 6.07) is 0.386. The van der Waals surface area contributed by atoms with Gasteiger partial charge in [0.2, 0.25) is 0 Å². The highest BCUT2D eigenvalue weighted by Crippen LogP contribution is 2.32. The fourth-order valence-electron chi connectivity index (χ4n) is 2.32. The van der Waals surface area contributed by atoms with Crippen LogP contribution in [0.25, 0.3) is 0 Å².